The van der Waals surface area contributed by atoms with Crippen molar-refractivity contribution in [1.82, 2.24) is 19.3 Å². The second-order valence-electron chi connectivity index (χ2n) is 4.20. The van der Waals surface area contributed by atoms with Gasteiger partial charge in [0, 0.05) is 22.9 Å². The lowest BCUT2D eigenvalue weighted by Crippen LogP contribution is -2.09. The zero-order chi connectivity index (χ0) is 13.3. The Morgan fingerprint density at radius 2 is 2.11 bits per heavy atom. The molecule has 6 nitrogen and oxygen atoms in total. The van der Waals surface area contributed by atoms with Gasteiger partial charge in [-0.15, -0.1) is 0 Å². The molecule has 0 atom stereocenters. The Kier molecular flexibility index (Phi) is 3.45. The van der Waals surface area contributed by atoms with Gasteiger partial charge in [0.15, 0.2) is 0 Å². The molecule has 0 bridgehead atoms. The molecule has 0 saturated carbocycles. The van der Waals surface area contributed by atoms with Gasteiger partial charge in [-0.2, -0.15) is 5.10 Å². The van der Waals surface area contributed by atoms with E-state index in [-0.39, 0.29) is 10.9 Å². The first kappa shape index (κ1) is 13.1. The summed E-state index contributed by atoms with van der Waals surface area (Å²) in [7, 11) is 1.52. The van der Waals surface area contributed by atoms with E-state index >= 15 is 0 Å². The summed E-state index contributed by atoms with van der Waals surface area (Å²) in [5, 5.41) is 3.97. The largest absolute Gasteiger partial charge is 0.330 e. The summed E-state index contributed by atoms with van der Waals surface area (Å²) >= 11 is 0. The summed E-state index contributed by atoms with van der Waals surface area (Å²) in [5.41, 5.74) is 0.951. The van der Waals surface area contributed by atoms with E-state index in [9.17, 15) is 8.42 Å². The monoisotopic (exact) mass is 288 g/mol. The van der Waals surface area contributed by atoms with Gasteiger partial charge >= 0.3 is 0 Å². The molecular formula is C10H13ClN4O2S. The van der Waals surface area contributed by atoms with Crippen molar-refractivity contribution in [1.29, 1.82) is 0 Å². The predicted octanol–water partition coefficient (Wildman–Crippen LogP) is 1.64. The number of imidazole rings is 1. The van der Waals surface area contributed by atoms with Crippen LogP contribution in [0.4, 0.5) is 0 Å². The fraction of sp³-hybridized carbons (Fsp3) is 0.400. The molecule has 0 N–H and O–H groups in total. The molecule has 0 aliphatic rings. The van der Waals surface area contributed by atoms with Gasteiger partial charge in [0.25, 0.3) is 9.05 Å². The van der Waals surface area contributed by atoms with E-state index in [0.29, 0.717) is 6.54 Å². The number of hydrogen-bond acceptors (Lipinski definition) is 4. The first-order valence-electron chi connectivity index (χ1n) is 5.36. The number of nitrogens with zero attached hydrogens (tertiary/aromatic N) is 4. The third kappa shape index (κ3) is 2.73. The topological polar surface area (TPSA) is 69.8 Å². The Balaban J connectivity index is 2.24. The highest BCUT2D eigenvalue weighted by atomic mass is 35.7. The zero-order valence-corrected chi connectivity index (χ0v) is 11.6. The normalized spacial score (nSPS) is 12.2. The SMILES string of the molecule is CC(C)n1cncc1Cn1cc(S(=O)(=O)Cl)cn1. The summed E-state index contributed by atoms with van der Waals surface area (Å²) in [5.74, 6) is 0. The van der Waals surface area contributed by atoms with Crippen LogP contribution in [0.2, 0.25) is 0 Å². The number of hydrogen-bond donors (Lipinski definition) is 0. The molecule has 8 heteroatoms. The quantitative estimate of drug-likeness (QED) is 0.802. The molecule has 0 spiro atoms. The summed E-state index contributed by atoms with van der Waals surface area (Å²) in [6.45, 7) is 4.54. The lowest BCUT2D eigenvalue weighted by molar-refractivity contribution is 0.547. The molecule has 0 aliphatic heterocycles. The maximum atomic E-state index is 11.1. The van der Waals surface area contributed by atoms with Gasteiger partial charge in [0.2, 0.25) is 0 Å². The van der Waals surface area contributed by atoms with Crippen molar-refractivity contribution in [2.75, 3.05) is 0 Å². The Hall–Kier alpha value is -1.34. The Labute approximate surface area is 110 Å². The minimum atomic E-state index is -3.72. The molecule has 0 fully saturated rings. The van der Waals surface area contributed by atoms with E-state index in [0.717, 1.165) is 5.69 Å². The van der Waals surface area contributed by atoms with Gasteiger partial charge in [-0.05, 0) is 13.8 Å². The molecular weight excluding hydrogens is 276 g/mol. The van der Waals surface area contributed by atoms with Gasteiger partial charge in [-0.25, -0.2) is 13.4 Å². The van der Waals surface area contributed by atoms with Crippen molar-refractivity contribution < 1.29 is 8.42 Å². The number of halogens is 1. The Bertz CT molecular complexity index is 644. The maximum Gasteiger partial charge on any atom is 0.264 e. The summed E-state index contributed by atoms with van der Waals surface area (Å²) in [6.07, 6.45) is 6.11. The first-order valence-corrected chi connectivity index (χ1v) is 7.66. The molecule has 18 heavy (non-hydrogen) atoms. The van der Waals surface area contributed by atoms with Crippen LogP contribution in [0.5, 0.6) is 0 Å². The van der Waals surface area contributed by atoms with E-state index in [2.05, 4.69) is 10.1 Å². The van der Waals surface area contributed by atoms with E-state index in [1.807, 2.05) is 18.4 Å². The van der Waals surface area contributed by atoms with E-state index < -0.39 is 9.05 Å². The fourth-order valence-corrected chi connectivity index (χ4v) is 2.30. The highest BCUT2D eigenvalue weighted by molar-refractivity contribution is 8.13. The highest BCUT2D eigenvalue weighted by Crippen LogP contribution is 2.15. The lowest BCUT2D eigenvalue weighted by atomic mass is 10.3. The predicted molar refractivity (Wildman–Crippen MR) is 67.0 cm³/mol. The molecule has 2 rings (SSSR count). The molecule has 0 amide bonds. The van der Waals surface area contributed by atoms with Crippen LogP contribution in [0.15, 0.2) is 29.8 Å². The van der Waals surface area contributed by atoms with Gasteiger partial charge in [-0.1, -0.05) is 0 Å². The van der Waals surface area contributed by atoms with Crippen molar-refractivity contribution in [3.8, 4) is 0 Å². The van der Waals surface area contributed by atoms with Crippen molar-refractivity contribution in [2.24, 2.45) is 0 Å². The van der Waals surface area contributed by atoms with Crippen LogP contribution in [-0.2, 0) is 15.6 Å². The third-order valence-electron chi connectivity index (χ3n) is 2.52. The molecule has 2 aromatic rings. The molecule has 98 valence electrons. The molecule has 0 unspecified atom stereocenters. The molecule has 0 aromatic carbocycles. The zero-order valence-electron chi connectivity index (χ0n) is 9.99. The molecule has 0 aliphatic carbocycles. The van der Waals surface area contributed by atoms with Crippen molar-refractivity contribution in [2.45, 2.75) is 31.3 Å². The average molecular weight is 289 g/mol. The van der Waals surface area contributed by atoms with Gasteiger partial charge in [0.05, 0.1) is 31.0 Å². The van der Waals surface area contributed by atoms with Crippen molar-refractivity contribution in [3.63, 3.8) is 0 Å². The maximum absolute atomic E-state index is 11.1. The average Bonchev–Trinajstić information content (AvgIpc) is 2.85. The summed E-state index contributed by atoms with van der Waals surface area (Å²) in [4.78, 5) is 4.07. The van der Waals surface area contributed by atoms with E-state index in [4.69, 9.17) is 10.7 Å². The van der Waals surface area contributed by atoms with E-state index in [1.165, 1.54) is 17.1 Å². The molecule has 0 saturated heterocycles. The second kappa shape index (κ2) is 4.74. The summed E-state index contributed by atoms with van der Waals surface area (Å²) in [6, 6.07) is 0.286. The third-order valence-corrected chi connectivity index (χ3v) is 3.83. The van der Waals surface area contributed by atoms with E-state index in [1.54, 1.807) is 12.5 Å². The lowest BCUT2D eigenvalue weighted by Gasteiger charge is -2.11. The van der Waals surface area contributed by atoms with Crippen LogP contribution in [0.25, 0.3) is 0 Å². The molecule has 0 radical (unpaired) electrons. The van der Waals surface area contributed by atoms with Gasteiger partial charge in [-0.3, -0.25) is 4.68 Å². The highest BCUT2D eigenvalue weighted by Gasteiger charge is 2.13. The van der Waals surface area contributed by atoms with Crippen LogP contribution < -0.4 is 0 Å². The fourth-order valence-electron chi connectivity index (χ4n) is 1.64. The molecule has 2 aromatic heterocycles. The smallest absolute Gasteiger partial charge is 0.264 e. The Morgan fingerprint density at radius 1 is 1.39 bits per heavy atom. The van der Waals surface area contributed by atoms with Crippen LogP contribution in [0.1, 0.15) is 25.6 Å². The number of rotatable bonds is 4. The van der Waals surface area contributed by atoms with Crippen LogP contribution in [0.3, 0.4) is 0 Å². The Morgan fingerprint density at radius 3 is 2.67 bits per heavy atom. The van der Waals surface area contributed by atoms with Crippen molar-refractivity contribution >= 4 is 19.7 Å². The van der Waals surface area contributed by atoms with Gasteiger partial charge in [0.1, 0.15) is 4.90 Å². The minimum absolute atomic E-state index is 0.000205. The number of aromatic nitrogens is 4. The first-order chi connectivity index (χ1) is 8.38. The van der Waals surface area contributed by atoms with Crippen LogP contribution in [0, 0.1) is 0 Å². The van der Waals surface area contributed by atoms with Crippen molar-refractivity contribution in [3.05, 3.63) is 30.6 Å². The molecule has 2 heterocycles. The standard InChI is InChI=1S/C10H13ClN4O2S/c1-8(2)15-7-12-3-9(15)5-14-6-10(4-13-14)18(11,16)17/h3-4,6-8H,5H2,1-2H3. The van der Waals surface area contributed by atoms with Crippen LogP contribution in [-0.4, -0.2) is 27.7 Å². The summed E-state index contributed by atoms with van der Waals surface area (Å²) < 4.78 is 25.8. The minimum Gasteiger partial charge on any atom is -0.330 e. The van der Waals surface area contributed by atoms with Gasteiger partial charge < -0.3 is 4.57 Å². The van der Waals surface area contributed by atoms with Crippen LogP contribution >= 0.6 is 10.7 Å². The second-order valence-corrected chi connectivity index (χ2v) is 6.76.